The largest absolute Gasteiger partial charge is 0.467 e. The number of aromatic nitrogens is 4. The number of nitrogens with one attached hydrogen (secondary N) is 1. The van der Waals surface area contributed by atoms with Gasteiger partial charge in [0.05, 0.1) is 49.4 Å². The van der Waals surface area contributed by atoms with Crippen molar-refractivity contribution in [2.45, 2.75) is 19.9 Å². The first-order valence-corrected chi connectivity index (χ1v) is 11.2. The molecule has 9 nitrogen and oxygen atoms in total. The summed E-state index contributed by atoms with van der Waals surface area (Å²) in [6.45, 7) is 6.01. The molecular weight excluding hydrogens is 420 g/mol. The Kier molecular flexibility index (Phi) is 6.23. The van der Waals surface area contributed by atoms with Crippen LogP contribution in [0.3, 0.4) is 0 Å². The van der Waals surface area contributed by atoms with Crippen molar-refractivity contribution in [2.24, 2.45) is 0 Å². The topological polar surface area (TPSA) is 90.5 Å². The summed E-state index contributed by atoms with van der Waals surface area (Å²) in [5, 5.41) is 9.24. The summed E-state index contributed by atoms with van der Waals surface area (Å²) in [4.78, 5) is 12.1. The highest BCUT2D eigenvalue weighted by Gasteiger charge is 2.24. The van der Waals surface area contributed by atoms with Crippen LogP contribution in [0.4, 0.5) is 11.8 Å². The van der Waals surface area contributed by atoms with Gasteiger partial charge in [-0.05, 0) is 31.2 Å². The van der Waals surface area contributed by atoms with Gasteiger partial charge in [-0.25, -0.2) is 4.68 Å². The van der Waals surface area contributed by atoms with E-state index in [-0.39, 0.29) is 0 Å². The fraction of sp³-hybridized carbons (Fsp3) is 0.375. The predicted octanol–water partition coefficient (Wildman–Crippen LogP) is 3.35. The fourth-order valence-corrected chi connectivity index (χ4v) is 3.97. The number of fused-ring (bicyclic) bond motifs is 1. The molecule has 0 atom stereocenters. The lowest BCUT2D eigenvalue weighted by atomic mass is 10.2. The number of ether oxygens (including phenoxy) is 2. The van der Waals surface area contributed by atoms with E-state index >= 15 is 0 Å². The van der Waals surface area contributed by atoms with Crippen molar-refractivity contribution < 1.29 is 13.9 Å². The average molecular weight is 449 g/mol. The molecule has 0 saturated carbocycles. The normalized spacial score (nSPS) is 14.2. The number of rotatable bonds is 8. The number of benzene rings is 1. The average Bonchev–Trinajstić information content (AvgIpc) is 3.50. The molecule has 0 bridgehead atoms. The van der Waals surface area contributed by atoms with Crippen molar-refractivity contribution in [3.63, 3.8) is 0 Å². The Bertz CT molecular complexity index is 1200. The van der Waals surface area contributed by atoms with Gasteiger partial charge in [0.1, 0.15) is 11.6 Å². The number of morpholine rings is 1. The van der Waals surface area contributed by atoms with Crippen LogP contribution >= 0.6 is 0 Å². The molecule has 1 aromatic carbocycles. The van der Waals surface area contributed by atoms with Crippen molar-refractivity contribution in [1.29, 1.82) is 0 Å². The van der Waals surface area contributed by atoms with Crippen LogP contribution in [0.5, 0.6) is 0 Å². The second-order valence-electron chi connectivity index (χ2n) is 8.04. The van der Waals surface area contributed by atoms with E-state index in [0.717, 1.165) is 47.1 Å². The van der Waals surface area contributed by atoms with Crippen LogP contribution in [0.15, 0.2) is 47.1 Å². The number of furan rings is 1. The molecule has 4 heterocycles. The van der Waals surface area contributed by atoms with Crippen molar-refractivity contribution in [3.05, 3.63) is 59.7 Å². The number of hydrogen-bond donors (Lipinski definition) is 1. The summed E-state index contributed by atoms with van der Waals surface area (Å²) in [6, 6.07) is 12.1. The lowest BCUT2D eigenvalue weighted by molar-refractivity contribution is 0.122. The van der Waals surface area contributed by atoms with E-state index in [4.69, 9.17) is 29.0 Å². The molecule has 0 spiro atoms. The third kappa shape index (κ3) is 4.55. The maximum Gasteiger partial charge on any atom is 0.227 e. The molecule has 1 aliphatic rings. The molecule has 1 saturated heterocycles. The van der Waals surface area contributed by atoms with E-state index in [1.54, 1.807) is 13.4 Å². The summed E-state index contributed by atoms with van der Waals surface area (Å²) >= 11 is 0. The summed E-state index contributed by atoms with van der Waals surface area (Å²) in [6.07, 6.45) is 2.33. The Labute approximate surface area is 192 Å². The minimum atomic E-state index is 0.496. The molecule has 5 rings (SSSR count). The van der Waals surface area contributed by atoms with Crippen LogP contribution in [0.2, 0.25) is 0 Å². The molecule has 0 amide bonds. The van der Waals surface area contributed by atoms with E-state index in [0.29, 0.717) is 38.7 Å². The number of anilines is 2. The minimum absolute atomic E-state index is 0.496. The first-order chi connectivity index (χ1) is 16.2. The van der Waals surface area contributed by atoms with Gasteiger partial charge >= 0.3 is 0 Å². The van der Waals surface area contributed by atoms with Crippen LogP contribution in [0.1, 0.15) is 17.0 Å². The van der Waals surface area contributed by atoms with Gasteiger partial charge in [-0.15, -0.1) is 0 Å². The van der Waals surface area contributed by atoms with Crippen LogP contribution in [0, 0.1) is 6.92 Å². The van der Waals surface area contributed by atoms with Crippen LogP contribution in [0.25, 0.3) is 16.7 Å². The van der Waals surface area contributed by atoms with Gasteiger partial charge in [0, 0.05) is 26.6 Å². The predicted molar refractivity (Wildman–Crippen MR) is 126 cm³/mol. The van der Waals surface area contributed by atoms with E-state index < -0.39 is 0 Å². The smallest absolute Gasteiger partial charge is 0.227 e. The Morgan fingerprint density at radius 3 is 2.64 bits per heavy atom. The van der Waals surface area contributed by atoms with Crippen LogP contribution < -0.4 is 10.2 Å². The SMILES string of the molecule is COCCc1nn(-c2ccc(C)cc2)c2nc(NCc3ccco3)nc(N3CCOCC3)c12. The van der Waals surface area contributed by atoms with Gasteiger partial charge in [-0.3, -0.25) is 0 Å². The van der Waals surface area contributed by atoms with E-state index in [1.807, 2.05) is 16.8 Å². The fourth-order valence-electron chi connectivity index (χ4n) is 3.97. The van der Waals surface area contributed by atoms with Crippen LogP contribution in [-0.4, -0.2) is 59.8 Å². The van der Waals surface area contributed by atoms with Crippen molar-refractivity contribution in [3.8, 4) is 5.69 Å². The van der Waals surface area contributed by atoms with Gasteiger partial charge in [0.2, 0.25) is 5.95 Å². The molecule has 3 aromatic heterocycles. The third-order valence-corrected chi connectivity index (χ3v) is 5.71. The maximum absolute atomic E-state index is 5.59. The van der Waals surface area contributed by atoms with Crippen molar-refractivity contribution >= 4 is 22.8 Å². The molecule has 33 heavy (non-hydrogen) atoms. The molecule has 1 aliphatic heterocycles. The Balaban J connectivity index is 1.65. The highest BCUT2D eigenvalue weighted by atomic mass is 16.5. The molecule has 172 valence electrons. The molecule has 4 aromatic rings. The molecule has 1 fully saturated rings. The quantitative estimate of drug-likeness (QED) is 0.439. The van der Waals surface area contributed by atoms with E-state index in [2.05, 4.69) is 41.4 Å². The molecule has 0 unspecified atom stereocenters. The zero-order chi connectivity index (χ0) is 22.6. The molecule has 0 radical (unpaired) electrons. The monoisotopic (exact) mass is 448 g/mol. The lowest BCUT2D eigenvalue weighted by Gasteiger charge is -2.28. The van der Waals surface area contributed by atoms with Gasteiger partial charge in [-0.1, -0.05) is 17.7 Å². The molecule has 1 N–H and O–H groups in total. The summed E-state index contributed by atoms with van der Waals surface area (Å²) in [5.74, 6) is 2.22. The van der Waals surface area contributed by atoms with Crippen LogP contribution in [-0.2, 0) is 22.4 Å². The van der Waals surface area contributed by atoms with E-state index in [1.165, 1.54) is 5.56 Å². The second kappa shape index (κ2) is 9.60. The number of methoxy groups -OCH3 is 1. The summed E-state index contributed by atoms with van der Waals surface area (Å²) in [7, 11) is 1.70. The zero-order valence-corrected chi connectivity index (χ0v) is 19.0. The van der Waals surface area contributed by atoms with Gasteiger partial charge in [0.25, 0.3) is 0 Å². The lowest BCUT2D eigenvalue weighted by Crippen LogP contribution is -2.37. The first-order valence-electron chi connectivity index (χ1n) is 11.2. The number of aryl methyl sites for hydroxylation is 1. The maximum atomic E-state index is 5.59. The highest BCUT2D eigenvalue weighted by Crippen LogP contribution is 2.31. The molecule has 0 aliphatic carbocycles. The highest BCUT2D eigenvalue weighted by molar-refractivity contribution is 5.92. The molecular formula is C24H28N6O3. The van der Waals surface area contributed by atoms with Gasteiger partial charge < -0.3 is 24.1 Å². The number of nitrogens with zero attached hydrogens (tertiary/aromatic N) is 5. The minimum Gasteiger partial charge on any atom is -0.467 e. The Morgan fingerprint density at radius 1 is 1.09 bits per heavy atom. The van der Waals surface area contributed by atoms with Gasteiger partial charge in [-0.2, -0.15) is 15.1 Å². The Morgan fingerprint density at radius 2 is 1.91 bits per heavy atom. The van der Waals surface area contributed by atoms with Gasteiger partial charge in [0.15, 0.2) is 5.65 Å². The summed E-state index contributed by atoms with van der Waals surface area (Å²) < 4.78 is 18.3. The standard InChI is InChI=1S/C24H28N6O3/c1-17-5-7-18(8-6-17)30-23-21(20(28-30)9-13-31-2)22(29-10-14-32-15-11-29)26-24(27-23)25-16-19-4-3-12-33-19/h3-8,12H,9-11,13-16H2,1-2H3,(H,25,26,27). The first kappa shape index (κ1) is 21.4. The second-order valence-corrected chi connectivity index (χ2v) is 8.04. The van der Waals surface area contributed by atoms with E-state index in [9.17, 15) is 0 Å². The summed E-state index contributed by atoms with van der Waals surface area (Å²) in [5.41, 5.74) is 3.84. The zero-order valence-electron chi connectivity index (χ0n) is 19.0. The number of hydrogen-bond acceptors (Lipinski definition) is 8. The Hall–Kier alpha value is -3.43. The third-order valence-electron chi connectivity index (χ3n) is 5.71. The van der Waals surface area contributed by atoms with Crippen molar-refractivity contribution in [2.75, 3.05) is 50.2 Å². The molecule has 9 heteroatoms. The van der Waals surface area contributed by atoms with Crippen molar-refractivity contribution in [1.82, 2.24) is 19.7 Å².